The smallest absolute Gasteiger partial charge is 0.277 e. The third kappa shape index (κ3) is 3.37. The van der Waals surface area contributed by atoms with Crippen LogP contribution in [0, 0.1) is 17.0 Å². The van der Waals surface area contributed by atoms with Gasteiger partial charge >= 0.3 is 0 Å². The first-order valence-corrected chi connectivity index (χ1v) is 6.30. The number of thioether (sulfide) groups is 1. The van der Waals surface area contributed by atoms with Crippen LogP contribution in [0.5, 0.6) is 0 Å². The molecule has 16 heavy (non-hydrogen) atoms. The molecule has 1 atom stereocenters. The van der Waals surface area contributed by atoms with Crippen molar-refractivity contribution >= 4 is 23.3 Å². The first-order valence-electron chi connectivity index (χ1n) is 4.91. The van der Waals surface area contributed by atoms with Gasteiger partial charge in [-0.25, -0.2) is 4.98 Å². The number of pyridine rings is 1. The summed E-state index contributed by atoms with van der Waals surface area (Å²) in [6.07, 6.45) is 3.54. The van der Waals surface area contributed by atoms with Crippen molar-refractivity contribution < 1.29 is 4.92 Å². The third-order valence-electron chi connectivity index (χ3n) is 2.08. The second-order valence-corrected chi connectivity index (χ2v) is 4.52. The van der Waals surface area contributed by atoms with Crippen LogP contribution in [-0.2, 0) is 0 Å². The van der Waals surface area contributed by atoms with Crippen LogP contribution in [0.2, 0.25) is 0 Å². The van der Waals surface area contributed by atoms with Crippen LogP contribution in [0.25, 0.3) is 0 Å². The van der Waals surface area contributed by atoms with E-state index in [1.54, 1.807) is 18.7 Å². The SMILES string of the molecule is CSCC(C)Nc1cc([N+](=O)[O-])c(C)cn1. The van der Waals surface area contributed by atoms with E-state index >= 15 is 0 Å². The Morgan fingerprint density at radius 2 is 2.38 bits per heavy atom. The number of hydrogen-bond acceptors (Lipinski definition) is 5. The number of anilines is 1. The van der Waals surface area contributed by atoms with Crippen LogP contribution < -0.4 is 5.32 Å². The number of rotatable bonds is 5. The molecule has 0 aromatic carbocycles. The average Bonchev–Trinajstić information content (AvgIpc) is 2.21. The summed E-state index contributed by atoms with van der Waals surface area (Å²) in [7, 11) is 0. The van der Waals surface area contributed by atoms with Gasteiger partial charge in [0.05, 0.1) is 11.0 Å². The Labute approximate surface area is 98.8 Å². The number of nitrogens with zero attached hydrogens (tertiary/aromatic N) is 2. The molecule has 0 spiro atoms. The van der Waals surface area contributed by atoms with E-state index in [9.17, 15) is 10.1 Å². The molecule has 1 aromatic rings. The van der Waals surface area contributed by atoms with Crippen molar-refractivity contribution in [2.75, 3.05) is 17.3 Å². The lowest BCUT2D eigenvalue weighted by molar-refractivity contribution is -0.385. The van der Waals surface area contributed by atoms with Crippen molar-refractivity contribution in [3.63, 3.8) is 0 Å². The average molecular weight is 241 g/mol. The van der Waals surface area contributed by atoms with Gasteiger partial charge in [-0.05, 0) is 20.1 Å². The Morgan fingerprint density at radius 3 is 2.94 bits per heavy atom. The van der Waals surface area contributed by atoms with Crippen LogP contribution in [0.1, 0.15) is 12.5 Å². The van der Waals surface area contributed by atoms with Crippen LogP contribution in [-0.4, -0.2) is 28.0 Å². The first-order chi connectivity index (χ1) is 7.54. The highest BCUT2D eigenvalue weighted by Crippen LogP contribution is 2.20. The predicted molar refractivity (Wildman–Crippen MR) is 67.1 cm³/mol. The van der Waals surface area contributed by atoms with Gasteiger partial charge in [-0.2, -0.15) is 11.8 Å². The molecule has 0 saturated heterocycles. The number of hydrogen-bond donors (Lipinski definition) is 1. The van der Waals surface area contributed by atoms with Gasteiger partial charge in [0, 0.05) is 23.6 Å². The summed E-state index contributed by atoms with van der Waals surface area (Å²) in [6, 6.07) is 1.72. The maximum absolute atomic E-state index is 10.7. The molecule has 1 aromatic heterocycles. The van der Waals surface area contributed by atoms with E-state index in [1.165, 1.54) is 12.3 Å². The van der Waals surface area contributed by atoms with Gasteiger partial charge in [-0.1, -0.05) is 0 Å². The molecule has 1 heterocycles. The monoisotopic (exact) mass is 241 g/mol. The van der Waals surface area contributed by atoms with E-state index in [0.29, 0.717) is 11.4 Å². The zero-order chi connectivity index (χ0) is 12.1. The molecule has 0 aliphatic carbocycles. The minimum Gasteiger partial charge on any atom is -0.367 e. The van der Waals surface area contributed by atoms with Crippen LogP contribution >= 0.6 is 11.8 Å². The third-order valence-corrected chi connectivity index (χ3v) is 2.92. The second-order valence-electron chi connectivity index (χ2n) is 3.61. The molecule has 0 saturated carbocycles. The fourth-order valence-electron chi connectivity index (χ4n) is 1.33. The highest BCUT2D eigenvalue weighted by molar-refractivity contribution is 7.98. The fraction of sp³-hybridized carbons (Fsp3) is 0.500. The van der Waals surface area contributed by atoms with E-state index in [4.69, 9.17) is 0 Å². The van der Waals surface area contributed by atoms with Gasteiger partial charge in [0.25, 0.3) is 5.69 Å². The van der Waals surface area contributed by atoms with Crippen molar-refractivity contribution in [1.82, 2.24) is 4.98 Å². The zero-order valence-corrected chi connectivity index (χ0v) is 10.4. The Bertz CT molecular complexity index is 384. The largest absolute Gasteiger partial charge is 0.367 e. The molecule has 0 bridgehead atoms. The molecule has 5 nitrogen and oxygen atoms in total. The summed E-state index contributed by atoms with van der Waals surface area (Å²) >= 11 is 1.72. The fourth-order valence-corrected chi connectivity index (χ4v) is 1.92. The van der Waals surface area contributed by atoms with Gasteiger partial charge in [0.2, 0.25) is 0 Å². The summed E-state index contributed by atoms with van der Waals surface area (Å²) in [5.41, 5.74) is 0.682. The normalized spacial score (nSPS) is 12.2. The van der Waals surface area contributed by atoms with Crippen LogP contribution in [0.3, 0.4) is 0 Å². The number of nitro groups is 1. The number of aromatic nitrogens is 1. The van der Waals surface area contributed by atoms with E-state index in [0.717, 1.165) is 5.75 Å². The highest BCUT2D eigenvalue weighted by Gasteiger charge is 2.12. The first kappa shape index (κ1) is 12.8. The molecule has 0 fully saturated rings. The quantitative estimate of drug-likeness (QED) is 0.633. The van der Waals surface area contributed by atoms with Crippen molar-refractivity contribution in [1.29, 1.82) is 0 Å². The van der Waals surface area contributed by atoms with Crippen LogP contribution in [0.4, 0.5) is 11.5 Å². The molecule has 0 aliphatic heterocycles. The van der Waals surface area contributed by atoms with Gasteiger partial charge in [-0.15, -0.1) is 0 Å². The van der Waals surface area contributed by atoms with E-state index in [2.05, 4.69) is 10.3 Å². The second kappa shape index (κ2) is 5.69. The summed E-state index contributed by atoms with van der Waals surface area (Å²) < 4.78 is 0. The Hall–Kier alpha value is -1.30. The molecule has 0 amide bonds. The standard InChI is InChI=1S/C10H15N3O2S/c1-7-5-11-10(4-9(7)13(14)15)12-8(2)6-16-3/h4-5,8H,6H2,1-3H3,(H,11,12). The summed E-state index contributed by atoms with van der Waals surface area (Å²) in [4.78, 5) is 14.5. The summed E-state index contributed by atoms with van der Waals surface area (Å²) in [5, 5.41) is 13.9. The molecule has 1 N–H and O–H groups in total. The maximum Gasteiger partial charge on any atom is 0.277 e. The number of nitrogens with one attached hydrogen (secondary N) is 1. The van der Waals surface area contributed by atoms with Crippen LogP contribution in [0.15, 0.2) is 12.3 Å². The molecule has 6 heteroatoms. The molecule has 88 valence electrons. The number of aryl methyl sites for hydroxylation is 1. The van der Waals surface area contributed by atoms with E-state index < -0.39 is 0 Å². The summed E-state index contributed by atoms with van der Waals surface area (Å²) in [6.45, 7) is 3.70. The molecule has 0 radical (unpaired) electrons. The van der Waals surface area contributed by atoms with Gasteiger partial charge in [-0.3, -0.25) is 10.1 Å². The predicted octanol–water partition coefficient (Wildman–Crippen LogP) is 2.46. The minimum atomic E-state index is -0.387. The Morgan fingerprint density at radius 1 is 1.69 bits per heavy atom. The zero-order valence-electron chi connectivity index (χ0n) is 9.56. The maximum atomic E-state index is 10.7. The van der Waals surface area contributed by atoms with Crippen molar-refractivity contribution in [2.24, 2.45) is 0 Å². The minimum absolute atomic E-state index is 0.105. The van der Waals surface area contributed by atoms with Gasteiger partial charge < -0.3 is 5.32 Å². The lowest BCUT2D eigenvalue weighted by atomic mass is 10.2. The van der Waals surface area contributed by atoms with Crippen molar-refractivity contribution in [2.45, 2.75) is 19.9 Å². The highest BCUT2D eigenvalue weighted by atomic mass is 32.2. The topological polar surface area (TPSA) is 68.1 Å². The lowest BCUT2D eigenvalue weighted by Crippen LogP contribution is -2.18. The molecule has 1 unspecified atom stereocenters. The Balaban J connectivity index is 2.82. The van der Waals surface area contributed by atoms with Gasteiger partial charge in [0.15, 0.2) is 0 Å². The van der Waals surface area contributed by atoms with E-state index in [1.807, 2.05) is 13.2 Å². The van der Waals surface area contributed by atoms with E-state index in [-0.39, 0.29) is 16.7 Å². The molecular weight excluding hydrogens is 226 g/mol. The van der Waals surface area contributed by atoms with Crippen molar-refractivity contribution in [3.8, 4) is 0 Å². The molecule has 1 rings (SSSR count). The molecular formula is C10H15N3O2S. The van der Waals surface area contributed by atoms with Crippen molar-refractivity contribution in [3.05, 3.63) is 27.9 Å². The summed E-state index contributed by atoms with van der Waals surface area (Å²) in [5.74, 6) is 1.49. The molecule has 0 aliphatic rings. The lowest BCUT2D eigenvalue weighted by Gasteiger charge is -2.12. The Kier molecular flexibility index (Phi) is 4.54. The van der Waals surface area contributed by atoms with Gasteiger partial charge in [0.1, 0.15) is 5.82 Å².